The maximum Gasteiger partial charge on any atom is 0.166 e. The molecule has 0 aliphatic heterocycles. The zero-order chi connectivity index (χ0) is 12.1. The molecule has 0 bridgehead atoms. The van der Waals surface area contributed by atoms with Gasteiger partial charge < -0.3 is 10.4 Å². The number of hydrogen-bond acceptors (Lipinski definition) is 5. The molecule has 2 rings (SSSR count). The van der Waals surface area contributed by atoms with E-state index in [-0.39, 0.29) is 5.75 Å². The smallest absolute Gasteiger partial charge is 0.166 e. The molecule has 0 saturated heterocycles. The summed E-state index contributed by atoms with van der Waals surface area (Å²) in [7, 11) is 0. The van der Waals surface area contributed by atoms with Gasteiger partial charge in [0, 0.05) is 12.1 Å². The van der Waals surface area contributed by atoms with Crippen LogP contribution in [0.4, 0.5) is 5.82 Å². The van der Waals surface area contributed by atoms with Gasteiger partial charge in [-0.25, -0.2) is 0 Å². The number of aromatic hydroxyl groups is 1. The molecule has 0 fully saturated rings. The first-order valence-corrected chi connectivity index (χ1v) is 5.04. The lowest BCUT2D eigenvalue weighted by Crippen LogP contribution is -2.04. The summed E-state index contributed by atoms with van der Waals surface area (Å²) in [5.41, 5.74) is 1.16. The van der Waals surface area contributed by atoms with Crippen LogP contribution in [0.3, 0.4) is 0 Å². The molecule has 0 atom stereocenters. The van der Waals surface area contributed by atoms with Crippen molar-refractivity contribution in [1.82, 2.24) is 10.2 Å². The fraction of sp³-hybridized carbons (Fsp3) is 0.0833. The van der Waals surface area contributed by atoms with Crippen molar-refractivity contribution in [3.8, 4) is 11.8 Å². The molecule has 0 aliphatic rings. The molecule has 5 nitrogen and oxygen atoms in total. The Balaban J connectivity index is 2.13. The predicted octanol–water partition coefficient (Wildman–Crippen LogP) is 1.67. The predicted molar refractivity (Wildman–Crippen MR) is 62.2 cm³/mol. The summed E-state index contributed by atoms with van der Waals surface area (Å²) in [6.45, 7) is 0.389. The summed E-state index contributed by atoms with van der Waals surface area (Å²) in [6.07, 6.45) is 1.46. The maximum atomic E-state index is 9.57. The standard InChI is InChI=1S/C12H10N4O/c13-7-9-5-6-15-16-12(9)14-8-10-3-1-2-4-11(10)17/h1-6,17H,8H2,(H,14,16). The highest BCUT2D eigenvalue weighted by atomic mass is 16.3. The Bertz CT molecular complexity index is 562. The number of aromatic nitrogens is 2. The highest BCUT2D eigenvalue weighted by Gasteiger charge is 2.04. The van der Waals surface area contributed by atoms with E-state index in [1.807, 2.05) is 12.1 Å². The van der Waals surface area contributed by atoms with Gasteiger partial charge in [0.05, 0.1) is 11.8 Å². The van der Waals surface area contributed by atoms with Crippen molar-refractivity contribution in [3.63, 3.8) is 0 Å². The average molecular weight is 226 g/mol. The third kappa shape index (κ3) is 2.49. The zero-order valence-corrected chi connectivity index (χ0v) is 8.96. The molecule has 0 unspecified atom stereocenters. The molecule has 0 aliphatic carbocycles. The molecular weight excluding hydrogens is 216 g/mol. The van der Waals surface area contributed by atoms with Crippen molar-refractivity contribution in [3.05, 3.63) is 47.7 Å². The Hall–Kier alpha value is -2.61. The monoisotopic (exact) mass is 226 g/mol. The highest BCUT2D eigenvalue weighted by molar-refractivity contribution is 5.50. The second-order valence-electron chi connectivity index (χ2n) is 3.39. The van der Waals surface area contributed by atoms with Crippen molar-refractivity contribution < 1.29 is 5.11 Å². The molecule has 1 aromatic carbocycles. The number of phenols is 1. The van der Waals surface area contributed by atoms with Crippen molar-refractivity contribution in [2.24, 2.45) is 0 Å². The summed E-state index contributed by atoms with van der Waals surface area (Å²) >= 11 is 0. The fourth-order valence-corrected chi connectivity index (χ4v) is 1.39. The average Bonchev–Trinajstić information content (AvgIpc) is 2.38. The number of para-hydroxylation sites is 1. The van der Waals surface area contributed by atoms with Crippen LogP contribution in [0.25, 0.3) is 0 Å². The van der Waals surface area contributed by atoms with Crippen molar-refractivity contribution >= 4 is 5.82 Å². The van der Waals surface area contributed by atoms with Gasteiger partial charge in [-0.2, -0.15) is 10.4 Å². The van der Waals surface area contributed by atoms with Gasteiger partial charge in [0.15, 0.2) is 5.82 Å². The van der Waals surface area contributed by atoms with E-state index >= 15 is 0 Å². The minimum absolute atomic E-state index is 0.211. The summed E-state index contributed by atoms with van der Waals surface area (Å²) in [5, 5.41) is 28.9. The molecule has 5 heteroatoms. The summed E-state index contributed by atoms with van der Waals surface area (Å²) in [6, 6.07) is 10.6. The summed E-state index contributed by atoms with van der Waals surface area (Å²) in [5.74, 6) is 0.626. The number of anilines is 1. The van der Waals surface area contributed by atoms with Crippen LogP contribution in [0.2, 0.25) is 0 Å². The van der Waals surface area contributed by atoms with Gasteiger partial charge in [-0.1, -0.05) is 18.2 Å². The minimum atomic E-state index is 0.211. The van der Waals surface area contributed by atoms with Gasteiger partial charge >= 0.3 is 0 Å². The van der Waals surface area contributed by atoms with Crippen LogP contribution in [-0.2, 0) is 6.54 Å². The topological polar surface area (TPSA) is 81.8 Å². The number of nitriles is 1. The van der Waals surface area contributed by atoms with Gasteiger partial charge in [-0.15, -0.1) is 5.10 Å². The van der Waals surface area contributed by atoms with Crippen LogP contribution in [0.1, 0.15) is 11.1 Å². The van der Waals surface area contributed by atoms with Crippen LogP contribution < -0.4 is 5.32 Å². The van der Waals surface area contributed by atoms with Crippen molar-refractivity contribution in [2.45, 2.75) is 6.54 Å². The molecule has 2 N–H and O–H groups in total. The third-order valence-electron chi connectivity index (χ3n) is 2.28. The number of nitrogens with zero attached hydrogens (tertiary/aromatic N) is 3. The van der Waals surface area contributed by atoms with Gasteiger partial charge in [-0.3, -0.25) is 0 Å². The Morgan fingerprint density at radius 3 is 2.88 bits per heavy atom. The Morgan fingerprint density at radius 2 is 2.12 bits per heavy atom. The molecule has 0 radical (unpaired) electrons. The van der Waals surface area contributed by atoms with E-state index < -0.39 is 0 Å². The molecule has 2 aromatic rings. The molecule has 1 heterocycles. The molecule has 84 valence electrons. The maximum absolute atomic E-state index is 9.57. The van der Waals surface area contributed by atoms with E-state index in [4.69, 9.17) is 5.26 Å². The molecule has 0 amide bonds. The SMILES string of the molecule is N#Cc1ccnnc1NCc1ccccc1O. The first-order valence-electron chi connectivity index (χ1n) is 5.04. The van der Waals surface area contributed by atoms with E-state index in [0.29, 0.717) is 17.9 Å². The Labute approximate surface area is 98.4 Å². The lowest BCUT2D eigenvalue weighted by atomic mass is 10.2. The summed E-state index contributed by atoms with van der Waals surface area (Å²) in [4.78, 5) is 0. The summed E-state index contributed by atoms with van der Waals surface area (Å²) < 4.78 is 0. The first-order chi connectivity index (χ1) is 8.31. The largest absolute Gasteiger partial charge is 0.508 e. The van der Waals surface area contributed by atoms with Crippen molar-refractivity contribution in [1.29, 1.82) is 5.26 Å². The lowest BCUT2D eigenvalue weighted by Gasteiger charge is -2.07. The third-order valence-corrected chi connectivity index (χ3v) is 2.28. The molecule has 0 saturated carbocycles. The number of nitrogens with one attached hydrogen (secondary N) is 1. The minimum Gasteiger partial charge on any atom is -0.508 e. The van der Waals surface area contributed by atoms with Gasteiger partial charge in [0.25, 0.3) is 0 Å². The lowest BCUT2D eigenvalue weighted by molar-refractivity contribution is 0.469. The van der Waals surface area contributed by atoms with E-state index in [2.05, 4.69) is 15.5 Å². The number of hydrogen-bond donors (Lipinski definition) is 2. The van der Waals surface area contributed by atoms with Gasteiger partial charge in [-0.05, 0) is 12.1 Å². The number of benzene rings is 1. The van der Waals surface area contributed by atoms with Crippen LogP contribution in [-0.4, -0.2) is 15.3 Å². The van der Waals surface area contributed by atoms with Crippen LogP contribution in [0, 0.1) is 11.3 Å². The second kappa shape index (κ2) is 4.94. The molecular formula is C12H10N4O. The van der Waals surface area contributed by atoms with E-state index in [0.717, 1.165) is 5.56 Å². The van der Waals surface area contributed by atoms with Gasteiger partial charge in [0.2, 0.25) is 0 Å². The first kappa shape index (κ1) is 10.9. The molecule has 0 spiro atoms. The Morgan fingerprint density at radius 1 is 1.29 bits per heavy atom. The second-order valence-corrected chi connectivity index (χ2v) is 3.39. The Kier molecular flexibility index (Phi) is 3.17. The molecule has 1 aromatic heterocycles. The van der Waals surface area contributed by atoms with Gasteiger partial charge in [0.1, 0.15) is 11.8 Å². The van der Waals surface area contributed by atoms with Crippen LogP contribution in [0.15, 0.2) is 36.5 Å². The van der Waals surface area contributed by atoms with Crippen LogP contribution >= 0.6 is 0 Å². The number of rotatable bonds is 3. The van der Waals surface area contributed by atoms with Crippen molar-refractivity contribution in [2.75, 3.05) is 5.32 Å². The van der Waals surface area contributed by atoms with E-state index in [9.17, 15) is 5.11 Å². The zero-order valence-electron chi connectivity index (χ0n) is 8.96. The van der Waals surface area contributed by atoms with Crippen LogP contribution in [0.5, 0.6) is 5.75 Å². The fourth-order valence-electron chi connectivity index (χ4n) is 1.39. The van der Waals surface area contributed by atoms with E-state index in [1.165, 1.54) is 6.20 Å². The normalized spacial score (nSPS) is 9.59. The highest BCUT2D eigenvalue weighted by Crippen LogP contribution is 2.17. The number of phenolic OH excluding ortho intramolecular Hbond substituents is 1. The quantitative estimate of drug-likeness (QED) is 0.831. The molecule has 17 heavy (non-hydrogen) atoms. The van der Waals surface area contributed by atoms with E-state index in [1.54, 1.807) is 24.3 Å².